The standard InChI is InChI=1S/C18H23N3OS/c1-14-12-20(2)8-9-21(14)18(22)11-16-13-23-17(19-16)10-15-6-4-3-5-7-15/h3-7,13-14H,8-12H2,1-2H3/t14-/m0/s1. The molecule has 5 heteroatoms. The molecule has 4 nitrogen and oxygen atoms in total. The summed E-state index contributed by atoms with van der Waals surface area (Å²) in [6, 6.07) is 10.6. The van der Waals surface area contributed by atoms with Crippen molar-refractivity contribution in [2.45, 2.75) is 25.8 Å². The number of amides is 1. The molecule has 1 aliphatic rings. The van der Waals surface area contributed by atoms with Crippen molar-refractivity contribution < 1.29 is 4.79 Å². The number of carbonyl (C=O) groups is 1. The second-order valence-electron chi connectivity index (χ2n) is 6.27. The Morgan fingerprint density at radius 3 is 2.83 bits per heavy atom. The highest BCUT2D eigenvalue weighted by molar-refractivity contribution is 7.09. The zero-order chi connectivity index (χ0) is 16.2. The summed E-state index contributed by atoms with van der Waals surface area (Å²) in [6.07, 6.45) is 1.25. The summed E-state index contributed by atoms with van der Waals surface area (Å²) in [5, 5.41) is 3.10. The quantitative estimate of drug-likeness (QED) is 0.864. The highest BCUT2D eigenvalue weighted by Gasteiger charge is 2.26. The molecule has 0 N–H and O–H groups in total. The van der Waals surface area contributed by atoms with Crippen LogP contribution >= 0.6 is 11.3 Å². The molecule has 1 saturated heterocycles. The molecule has 0 bridgehead atoms. The van der Waals surface area contributed by atoms with Gasteiger partial charge in [-0.1, -0.05) is 30.3 Å². The molecule has 122 valence electrons. The van der Waals surface area contributed by atoms with Crippen LogP contribution in [0.25, 0.3) is 0 Å². The van der Waals surface area contributed by atoms with Crippen LogP contribution in [0.1, 0.15) is 23.2 Å². The Morgan fingerprint density at radius 1 is 1.30 bits per heavy atom. The van der Waals surface area contributed by atoms with Gasteiger partial charge in [0.2, 0.25) is 5.91 Å². The molecule has 1 atom stereocenters. The van der Waals surface area contributed by atoms with Gasteiger partial charge in [0.15, 0.2) is 0 Å². The van der Waals surface area contributed by atoms with Crippen molar-refractivity contribution in [1.29, 1.82) is 0 Å². The molecule has 1 amide bonds. The fraction of sp³-hybridized carbons (Fsp3) is 0.444. The molecule has 0 unspecified atom stereocenters. The van der Waals surface area contributed by atoms with Gasteiger partial charge in [-0.3, -0.25) is 4.79 Å². The summed E-state index contributed by atoms with van der Waals surface area (Å²) >= 11 is 1.64. The Labute approximate surface area is 141 Å². The monoisotopic (exact) mass is 329 g/mol. The summed E-state index contributed by atoms with van der Waals surface area (Å²) in [5.41, 5.74) is 2.16. The summed E-state index contributed by atoms with van der Waals surface area (Å²) in [7, 11) is 2.11. The molecular formula is C18H23N3OS. The van der Waals surface area contributed by atoms with Crippen molar-refractivity contribution in [3.8, 4) is 0 Å². The average Bonchev–Trinajstić information content (AvgIpc) is 2.95. The molecule has 2 aromatic rings. The zero-order valence-electron chi connectivity index (χ0n) is 13.7. The topological polar surface area (TPSA) is 36.4 Å². The van der Waals surface area contributed by atoms with E-state index >= 15 is 0 Å². The molecule has 0 aliphatic carbocycles. The molecule has 0 spiro atoms. The van der Waals surface area contributed by atoms with Crippen molar-refractivity contribution >= 4 is 17.2 Å². The summed E-state index contributed by atoms with van der Waals surface area (Å²) in [4.78, 5) is 21.4. The molecular weight excluding hydrogens is 306 g/mol. The number of hydrogen-bond donors (Lipinski definition) is 0. The smallest absolute Gasteiger partial charge is 0.228 e. The second-order valence-corrected chi connectivity index (χ2v) is 7.21. The van der Waals surface area contributed by atoms with Gasteiger partial charge in [-0.25, -0.2) is 4.98 Å². The van der Waals surface area contributed by atoms with Crippen molar-refractivity contribution in [2.24, 2.45) is 0 Å². The van der Waals surface area contributed by atoms with Crippen LogP contribution in [0.2, 0.25) is 0 Å². The Hall–Kier alpha value is -1.72. The van der Waals surface area contributed by atoms with Gasteiger partial charge in [-0.05, 0) is 19.5 Å². The summed E-state index contributed by atoms with van der Waals surface area (Å²) in [6.45, 7) is 4.83. The minimum Gasteiger partial charge on any atom is -0.337 e. The Morgan fingerprint density at radius 2 is 2.09 bits per heavy atom. The van der Waals surface area contributed by atoms with E-state index in [0.29, 0.717) is 6.42 Å². The van der Waals surface area contributed by atoms with Crippen LogP contribution in [0.5, 0.6) is 0 Å². The first-order chi connectivity index (χ1) is 11.1. The highest BCUT2D eigenvalue weighted by Crippen LogP contribution is 2.17. The molecule has 1 aromatic carbocycles. The maximum Gasteiger partial charge on any atom is 0.228 e. The van der Waals surface area contributed by atoms with Crippen LogP contribution in [-0.4, -0.2) is 53.4 Å². The molecule has 23 heavy (non-hydrogen) atoms. The lowest BCUT2D eigenvalue weighted by Crippen LogP contribution is -2.53. The molecule has 0 radical (unpaired) electrons. The lowest BCUT2D eigenvalue weighted by Gasteiger charge is -2.38. The van der Waals surface area contributed by atoms with Crippen LogP contribution < -0.4 is 0 Å². The Balaban J connectivity index is 1.59. The van der Waals surface area contributed by atoms with E-state index in [-0.39, 0.29) is 11.9 Å². The lowest BCUT2D eigenvalue weighted by atomic mass is 10.1. The number of likely N-dealkylation sites (N-methyl/N-ethyl adjacent to an activating group) is 1. The first kappa shape index (κ1) is 16.1. The third kappa shape index (κ3) is 4.18. The third-order valence-electron chi connectivity index (χ3n) is 4.28. The SMILES string of the molecule is C[C@H]1CN(C)CCN1C(=O)Cc1csc(Cc2ccccc2)n1. The number of hydrogen-bond acceptors (Lipinski definition) is 4. The minimum absolute atomic E-state index is 0.196. The molecule has 1 fully saturated rings. The van der Waals surface area contributed by atoms with Gasteiger partial charge in [0.1, 0.15) is 0 Å². The van der Waals surface area contributed by atoms with E-state index in [1.165, 1.54) is 5.56 Å². The molecule has 3 rings (SSSR count). The highest BCUT2D eigenvalue weighted by atomic mass is 32.1. The second kappa shape index (κ2) is 7.23. The van der Waals surface area contributed by atoms with E-state index in [1.807, 2.05) is 28.5 Å². The fourth-order valence-electron chi connectivity index (χ4n) is 3.05. The van der Waals surface area contributed by atoms with E-state index in [2.05, 4.69) is 36.0 Å². The molecule has 1 aliphatic heterocycles. The van der Waals surface area contributed by atoms with E-state index in [4.69, 9.17) is 0 Å². The maximum atomic E-state index is 12.5. The van der Waals surface area contributed by atoms with Gasteiger partial charge in [-0.15, -0.1) is 11.3 Å². The van der Waals surface area contributed by atoms with Gasteiger partial charge in [-0.2, -0.15) is 0 Å². The van der Waals surface area contributed by atoms with Crippen molar-refractivity contribution in [3.63, 3.8) is 0 Å². The van der Waals surface area contributed by atoms with E-state index in [1.54, 1.807) is 11.3 Å². The number of aromatic nitrogens is 1. The van der Waals surface area contributed by atoms with Crippen LogP contribution in [0.4, 0.5) is 0 Å². The van der Waals surface area contributed by atoms with Gasteiger partial charge in [0.05, 0.1) is 17.1 Å². The number of carbonyl (C=O) groups excluding carboxylic acids is 1. The average molecular weight is 329 g/mol. The number of thiazole rings is 1. The Bertz CT molecular complexity index is 655. The van der Waals surface area contributed by atoms with Gasteiger partial charge < -0.3 is 9.80 Å². The number of piperazine rings is 1. The van der Waals surface area contributed by atoms with Gasteiger partial charge in [0, 0.05) is 37.5 Å². The van der Waals surface area contributed by atoms with Gasteiger partial charge >= 0.3 is 0 Å². The normalized spacial score (nSPS) is 19.0. The predicted molar refractivity (Wildman–Crippen MR) is 93.7 cm³/mol. The van der Waals surface area contributed by atoms with Crippen molar-refractivity contribution in [2.75, 3.05) is 26.7 Å². The van der Waals surface area contributed by atoms with Gasteiger partial charge in [0.25, 0.3) is 0 Å². The number of nitrogens with zero attached hydrogens (tertiary/aromatic N) is 3. The number of rotatable bonds is 4. The van der Waals surface area contributed by atoms with E-state index in [0.717, 1.165) is 36.8 Å². The largest absolute Gasteiger partial charge is 0.337 e. The minimum atomic E-state index is 0.196. The zero-order valence-corrected chi connectivity index (χ0v) is 14.6. The van der Waals surface area contributed by atoms with E-state index in [9.17, 15) is 4.79 Å². The summed E-state index contributed by atoms with van der Waals surface area (Å²) < 4.78 is 0. The van der Waals surface area contributed by atoms with Crippen LogP contribution in [-0.2, 0) is 17.6 Å². The van der Waals surface area contributed by atoms with Crippen molar-refractivity contribution in [1.82, 2.24) is 14.8 Å². The number of benzene rings is 1. The van der Waals surface area contributed by atoms with Crippen LogP contribution in [0.3, 0.4) is 0 Å². The molecule has 1 aromatic heterocycles. The predicted octanol–water partition coefficient (Wildman–Crippen LogP) is 2.44. The van der Waals surface area contributed by atoms with Crippen molar-refractivity contribution in [3.05, 3.63) is 52.0 Å². The Kier molecular flexibility index (Phi) is 5.08. The van der Waals surface area contributed by atoms with Crippen LogP contribution in [0.15, 0.2) is 35.7 Å². The molecule has 0 saturated carbocycles. The molecule has 2 heterocycles. The first-order valence-electron chi connectivity index (χ1n) is 8.07. The fourth-order valence-corrected chi connectivity index (χ4v) is 3.88. The first-order valence-corrected chi connectivity index (χ1v) is 8.95. The lowest BCUT2D eigenvalue weighted by molar-refractivity contribution is -0.134. The van der Waals surface area contributed by atoms with Crippen LogP contribution in [0, 0.1) is 0 Å². The third-order valence-corrected chi connectivity index (χ3v) is 5.18. The maximum absolute atomic E-state index is 12.5. The summed E-state index contributed by atoms with van der Waals surface area (Å²) in [5.74, 6) is 0.196. The van der Waals surface area contributed by atoms with E-state index < -0.39 is 0 Å².